The van der Waals surface area contributed by atoms with Gasteiger partial charge >= 0.3 is 0 Å². The van der Waals surface area contributed by atoms with Crippen LogP contribution in [0.3, 0.4) is 0 Å². The second kappa shape index (κ2) is 7.42. The number of amides is 1. The number of aliphatic hydroxyl groups excluding tert-OH is 1. The largest absolute Gasteiger partial charge is 0.390 e. The SMILES string of the molecule is CN1CCN([C@@H]2CN(C(=O)CCCn3cccn3)C[C@H]2O)CC1. The molecule has 1 aromatic rings. The van der Waals surface area contributed by atoms with Crippen molar-refractivity contribution in [1.29, 1.82) is 0 Å². The summed E-state index contributed by atoms with van der Waals surface area (Å²) >= 11 is 0. The van der Waals surface area contributed by atoms with Crippen LogP contribution in [-0.2, 0) is 11.3 Å². The zero-order chi connectivity index (χ0) is 16.2. The summed E-state index contributed by atoms with van der Waals surface area (Å²) in [5, 5.41) is 14.5. The monoisotopic (exact) mass is 321 g/mol. The number of piperazine rings is 1. The fraction of sp³-hybridized carbons (Fsp3) is 0.750. The molecule has 7 heteroatoms. The van der Waals surface area contributed by atoms with E-state index in [1.807, 2.05) is 21.8 Å². The number of β-amino-alcohol motifs (C(OH)–C–C–N with tert-alkyl or cyclic N) is 1. The number of aromatic nitrogens is 2. The molecule has 3 heterocycles. The van der Waals surface area contributed by atoms with Gasteiger partial charge in [-0.15, -0.1) is 0 Å². The van der Waals surface area contributed by atoms with Crippen LogP contribution in [0.5, 0.6) is 0 Å². The lowest BCUT2D eigenvalue weighted by Crippen LogP contribution is -2.52. The molecule has 1 amide bonds. The van der Waals surface area contributed by atoms with E-state index < -0.39 is 6.10 Å². The van der Waals surface area contributed by atoms with Crippen LogP contribution >= 0.6 is 0 Å². The number of hydrogen-bond donors (Lipinski definition) is 1. The molecule has 1 aromatic heterocycles. The predicted octanol–water partition coefficient (Wildman–Crippen LogP) is -0.518. The van der Waals surface area contributed by atoms with E-state index in [9.17, 15) is 9.90 Å². The summed E-state index contributed by atoms with van der Waals surface area (Å²) in [4.78, 5) is 18.8. The third-order valence-electron chi connectivity index (χ3n) is 4.96. The molecule has 0 aliphatic carbocycles. The van der Waals surface area contributed by atoms with Gasteiger partial charge in [-0.05, 0) is 19.5 Å². The standard InChI is InChI=1S/C16H27N5O2/c1-18-8-10-19(11-9-18)14-12-20(13-15(14)22)16(23)4-2-6-21-7-3-5-17-21/h3,5,7,14-15,22H,2,4,6,8-13H2,1H3/t14-,15-/m1/s1. The quantitative estimate of drug-likeness (QED) is 0.791. The molecule has 2 fully saturated rings. The highest BCUT2D eigenvalue weighted by molar-refractivity contribution is 5.76. The van der Waals surface area contributed by atoms with Crippen molar-refractivity contribution in [3.05, 3.63) is 18.5 Å². The van der Waals surface area contributed by atoms with Crippen molar-refractivity contribution in [2.24, 2.45) is 0 Å². The zero-order valence-corrected chi connectivity index (χ0v) is 13.8. The van der Waals surface area contributed by atoms with Crippen molar-refractivity contribution in [1.82, 2.24) is 24.5 Å². The van der Waals surface area contributed by atoms with Crippen LogP contribution in [0.1, 0.15) is 12.8 Å². The highest BCUT2D eigenvalue weighted by Crippen LogP contribution is 2.19. The van der Waals surface area contributed by atoms with E-state index in [1.165, 1.54) is 0 Å². The molecular formula is C16H27N5O2. The van der Waals surface area contributed by atoms with Crippen molar-refractivity contribution in [3.8, 4) is 0 Å². The fourth-order valence-corrected chi connectivity index (χ4v) is 3.47. The Kier molecular flexibility index (Phi) is 5.30. The Morgan fingerprint density at radius 3 is 2.74 bits per heavy atom. The van der Waals surface area contributed by atoms with Gasteiger partial charge in [0.15, 0.2) is 0 Å². The number of aryl methyl sites for hydroxylation is 1. The normalized spacial score (nSPS) is 26.8. The molecule has 0 bridgehead atoms. The van der Waals surface area contributed by atoms with E-state index in [4.69, 9.17) is 0 Å². The second-order valence-electron chi connectivity index (χ2n) is 6.65. The lowest BCUT2D eigenvalue weighted by molar-refractivity contribution is -0.130. The summed E-state index contributed by atoms with van der Waals surface area (Å²) in [6, 6.07) is 1.98. The molecule has 128 valence electrons. The highest BCUT2D eigenvalue weighted by atomic mass is 16.3. The molecule has 0 unspecified atom stereocenters. The van der Waals surface area contributed by atoms with Gasteiger partial charge in [0.25, 0.3) is 0 Å². The number of nitrogens with zero attached hydrogens (tertiary/aromatic N) is 5. The number of carbonyl (C=O) groups is 1. The highest BCUT2D eigenvalue weighted by Gasteiger charge is 2.38. The summed E-state index contributed by atoms with van der Waals surface area (Å²) in [6.45, 7) is 5.89. The fourth-order valence-electron chi connectivity index (χ4n) is 3.47. The molecule has 2 aliphatic heterocycles. The molecule has 2 atom stereocenters. The van der Waals surface area contributed by atoms with Gasteiger partial charge in [-0.1, -0.05) is 0 Å². The van der Waals surface area contributed by atoms with E-state index >= 15 is 0 Å². The number of aliphatic hydroxyl groups is 1. The maximum absolute atomic E-state index is 12.4. The molecular weight excluding hydrogens is 294 g/mol. The molecule has 23 heavy (non-hydrogen) atoms. The first-order valence-electron chi connectivity index (χ1n) is 8.49. The molecule has 0 aromatic carbocycles. The Bertz CT molecular complexity index is 499. The van der Waals surface area contributed by atoms with E-state index in [2.05, 4.69) is 21.9 Å². The van der Waals surface area contributed by atoms with Crippen molar-refractivity contribution in [2.75, 3.05) is 46.3 Å². The maximum atomic E-state index is 12.4. The summed E-state index contributed by atoms with van der Waals surface area (Å²) < 4.78 is 1.85. The minimum Gasteiger partial charge on any atom is -0.390 e. The molecule has 0 spiro atoms. The molecule has 3 rings (SSSR count). The topological polar surface area (TPSA) is 64.8 Å². The first-order chi connectivity index (χ1) is 11.1. The van der Waals surface area contributed by atoms with E-state index in [0.717, 1.165) is 39.1 Å². The van der Waals surface area contributed by atoms with E-state index in [1.54, 1.807) is 6.20 Å². The van der Waals surface area contributed by atoms with Gasteiger partial charge in [0.1, 0.15) is 0 Å². The maximum Gasteiger partial charge on any atom is 0.222 e. The lowest BCUT2D eigenvalue weighted by atomic mass is 10.1. The first-order valence-corrected chi connectivity index (χ1v) is 8.49. The average molecular weight is 321 g/mol. The summed E-state index contributed by atoms with van der Waals surface area (Å²) in [5.74, 6) is 0.146. The Morgan fingerprint density at radius 2 is 2.04 bits per heavy atom. The van der Waals surface area contributed by atoms with Crippen LogP contribution in [0.15, 0.2) is 18.5 Å². The van der Waals surface area contributed by atoms with Crippen LogP contribution in [0.2, 0.25) is 0 Å². The lowest BCUT2D eigenvalue weighted by Gasteiger charge is -2.37. The van der Waals surface area contributed by atoms with Crippen molar-refractivity contribution >= 4 is 5.91 Å². The van der Waals surface area contributed by atoms with E-state index in [-0.39, 0.29) is 11.9 Å². The van der Waals surface area contributed by atoms with Gasteiger partial charge in [0.05, 0.1) is 12.1 Å². The molecule has 0 saturated carbocycles. The van der Waals surface area contributed by atoms with Crippen LogP contribution < -0.4 is 0 Å². The first kappa shape index (κ1) is 16.4. The van der Waals surface area contributed by atoms with Gasteiger partial charge in [0.2, 0.25) is 5.91 Å². The van der Waals surface area contributed by atoms with Crippen LogP contribution in [-0.4, -0.2) is 94.0 Å². The number of rotatable bonds is 5. The number of likely N-dealkylation sites (tertiary alicyclic amines) is 1. The smallest absolute Gasteiger partial charge is 0.222 e. The number of hydrogen-bond acceptors (Lipinski definition) is 5. The minimum absolute atomic E-state index is 0.0961. The van der Waals surface area contributed by atoms with Gasteiger partial charge in [-0.25, -0.2) is 0 Å². The molecule has 0 radical (unpaired) electrons. The van der Waals surface area contributed by atoms with Crippen molar-refractivity contribution < 1.29 is 9.90 Å². The molecule has 7 nitrogen and oxygen atoms in total. The van der Waals surface area contributed by atoms with Crippen LogP contribution in [0.25, 0.3) is 0 Å². The second-order valence-corrected chi connectivity index (χ2v) is 6.65. The Balaban J connectivity index is 1.44. The molecule has 2 aliphatic rings. The van der Waals surface area contributed by atoms with Crippen LogP contribution in [0, 0.1) is 0 Å². The molecule has 1 N–H and O–H groups in total. The Morgan fingerprint density at radius 1 is 1.26 bits per heavy atom. The van der Waals surface area contributed by atoms with Crippen molar-refractivity contribution in [3.63, 3.8) is 0 Å². The van der Waals surface area contributed by atoms with Crippen molar-refractivity contribution in [2.45, 2.75) is 31.5 Å². The minimum atomic E-state index is -0.423. The van der Waals surface area contributed by atoms with Crippen LogP contribution in [0.4, 0.5) is 0 Å². The third kappa shape index (κ3) is 4.10. The van der Waals surface area contributed by atoms with Gasteiger partial charge in [-0.2, -0.15) is 5.10 Å². The van der Waals surface area contributed by atoms with E-state index in [0.29, 0.717) is 19.5 Å². The number of carbonyl (C=O) groups excluding carboxylic acids is 1. The average Bonchev–Trinajstić information content (AvgIpc) is 3.18. The third-order valence-corrected chi connectivity index (χ3v) is 4.96. The molecule has 2 saturated heterocycles. The van der Waals surface area contributed by atoms with Gasteiger partial charge in [-0.3, -0.25) is 14.4 Å². The summed E-state index contributed by atoms with van der Waals surface area (Å²) in [5.41, 5.74) is 0. The Hall–Kier alpha value is -1.44. The Labute approximate surface area is 137 Å². The predicted molar refractivity (Wildman–Crippen MR) is 86.9 cm³/mol. The zero-order valence-electron chi connectivity index (χ0n) is 13.8. The summed E-state index contributed by atoms with van der Waals surface area (Å²) in [7, 11) is 2.12. The summed E-state index contributed by atoms with van der Waals surface area (Å²) in [6.07, 6.45) is 4.54. The van der Waals surface area contributed by atoms with Gasteiger partial charge < -0.3 is 14.9 Å². The van der Waals surface area contributed by atoms with Gasteiger partial charge in [0, 0.05) is 64.6 Å². The number of likely N-dealkylation sites (N-methyl/N-ethyl adjacent to an activating group) is 1.